The molecule has 2 rings (SSSR count). The van der Waals surface area contributed by atoms with Gasteiger partial charge in [0.2, 0.25) is 5.75 Å². The summed E-state index contributed by atoms with van der Waals surface area (Å²) in [6.45, 7) is 9.48. The van der Waals surface area contributed by atoms with Gasteiger partial charge in [-0.25, -0.2) is 9.97 Å². The van der Waals surface area contributed by atoms with Crippen LogP contribution in [-0.2, 0) is 0 Å². The number of anilines is 2. The third-order valence-electron chi connectivity index (χ3n) is 3.73. The van der Waals surface area contributed by atoms with Gasteiger partial charge in [-0.05, 0) is 32.4 Å². The molecule has 1 aromatic heterocycles. The van der Waals surface area contributed by atoms with E-state index in [4.69, 9.17) is 4.74 Å². The molecule has 0 aromatic carbocycles. The van der Waals surface area contributed by atoms with Gasteiger partial charge in [0.05, 0.1) is 7.11 Å². The highest BCUT2D eigenvalue weighted by molar-refractivity contribution is 5.63. The SMILES string of the molecule is CCNc1ncnc(NCC2CCN(CC)C2)c1OC. The quantitative estimate of drug-likeness (QED) is 0.791. The highest BCUT2D eigenvalue weighted by Gasteiger charge is 2.21. The number of hydrogen-bond donors (Lipinski definition) is 2. The standard InChI is InChI=1S/C14H25N5O/c1-4-15-13-12(20-3)14(18-10-17-13)16-8-11-6-7-19(5-2)9-11/h10-11H,4-9H2,1-3H3,(H2,15,16,17,18). The largest absolute Gasteiger partial charge is 0.490 e. The fourth-order valence-electron chi connectivity index (χ4n) is 2.59. The Morgan fingerprint density at radius 1 is 1.30 bits per heavy atom. The number of hydrogen-bond acceptors (Lipinski definition) is 6. The first-order valence-corrected chi connectivity index (χ1v) is 7.37. The van der Waals surface area contributed by atoms with Crippen molar-refractivity contribution in [3.8, 4) is 5.75 Å². The second kappa shape index (κ2) is 7.28. The molecule has 1 fully saturated rings. The summed E-state index contributed by atoms with van der Waals surface area (Å²) in [4.78, 5) is 11.0. The maximum atomic E-state index is 5.43. The van der Waals surface area contributed by atoms with Crippen LogP contribution >= 0.6 is 0 Å². The predicted molar refractivity (Wildman–Crippen MR) is 81.5 cm³/mol. The Balaban J connectivity index is 1.97. The van der Waals surface area contributed by atoms with Crippen molar-refractivity contribution < 1.29 is 4.74 Å². The number of rotatable bonds is 7. The van der Waals surface area contributed by atoms with Crippen LogP contribution < -0.4 is 15.4 Å². The van der Waals surface area contributed by atoms with Crippen molar-refractivity contribution in [2.75, 3.05) is 50.5 Å². The number of ether oxygens (including phenoxy) is 1. The number of aromatic nitrogens is 2. The van der Waals surface area contributed by atoms with Crippen molar-refractivity contribution in [3.05, 3.63) is 6.33 Å². The lowest BCUT2D eigenvalue weighted by atomic mass is 10.1. The molecule has 2 heterocycles. The van der Waals surface area contributed by atoms with Crippen LogP contribution in [0.5, 0.6) is 5.75 Å². The van der Waals surface area contributed by atoms with E-state index in [0.717, 1.165) is 37.8 Å². The van der Waals surface area contributed by atoms with Crippen LogP contribution in [0.3, 0.4) is 0 Å². The zero-order chi connectivity index (χ0) is 14.4. The van der Waals surface area contributed by atoms with Crippen molar-refractivity contribution in [2.24, 2.45) is 5.92 Å². The van der Waals surface area contributed by atoms with Crippen LogP contribution in [0.15, 0.2) is 6.33 Å². The summed E-state index contributed by atoms with van der Waals surface area (Å²) in [7, 11) is 1.65. The van der Waals surface area contributed by atoms with E-state index in [1.54, 1.807) is 13.4 Å². The van der Waals surface area contributed by atoms with E-state index in [-0.39, 0.29) is 0 Å². The van der Waals surface area contributed by atoms with Crippen molar-refractivity contribution >= 4 is 11.6 Å². The number of nitrogens with one attached hydrogen (secondary N) is 2. The lowest BCUT2D eigenvalue weighted by Gasteiger charge is -2.16. The van der Waals surface area contributed by atoms with E-state index in [2.05, 4.69) is 32.4 Å². The number of nitrogens with zero attached hydrogens (tertiary/aromatic N) is 3. The van der Waals surface area contributed by atoms with Crippen molar-refractivity contribution in [1.29, 1.82) is 0 Å². The van der Waals surface area contributed by atoms with Gasteiger partial charge >= 0.3 is 0 Å². The predicted octanol–water partition coefficient (Wildman–Crippen LogP) is 1.67. The van der Waals surface area contributed by atoms with Crippen LogP contribution in [0.25, 0.3) is 0 Å². The molecule has 1 saturated heterocycles. The summed E-state index contributed by atoms with van der Waals surface area (Å²) in [5, 5.41) is 6.59. The molecule has 1 aromatic rings. The van der Waals surface area contributed by atoms with Gasteiger partial charge in [-0.15, -0.1) is 0 Å². The van der Waals surface area contributed by atoms with Crippen LogP contribution in [0, 0.1) is 5.92 Å². The van der Waals surface area contributed by atoms with Gasteiger partial charge in [0.1, 0.15) is 6.33 Å². The van der Waals surface area contributed by atoms with Gasteiger partial charge < -0.3 is 20.3 Å². The average molecular weight is 279 g/mol. The van der Waals surface area contributed by atoms with E-state index < -0.39 is 0 Å². The monoisotopic (exact) mass is 279 g/mol. The minimum atomic E-state index is 0.678. The van der Waals surface area contributed by atoms with Gasteiger partial charge in [-0.2, -0.15) is 0 Å². The Morgan fingerprint density at radius 3 is 2.65 bits per heavy atom. The maximum Gasteiger partial charge on any atom is 0.204 e. The number of likely N-dealkylation sites (tertiary alicyclic amines) is 1. The van der Waals surface area contributed by atoms with Crippen LogP contribution in [0.4, 0.5) is 11.6 Å². The summed E-state index contributed by atoms with van der Waals surface area (Å²) in [5.41, 5.74) is 0. The number of methoxy groups -OCH3 is 1. The summed E-state index contributed by atoms with van der Waals surface area (Å²) < 4.78 is 5.43. The molecule has 20 heavy (non-hydrogen) atoms. The second-order valence-corrected chi connectivity index (χ2v) is 5.06. The molecule has 6 heteroatoms. The molecular weight excluding hydrogens is 254 g/mol. The topological polar surface area (TPSA) is 62.3 Å². The fraction of sp³-hybridized carbons (Fsp3) is 0.714. The molecule has 1 aliphatic heterocycles. The third kappa shape index (κ3) is 3.50. The fourth-order valence-corrected chi connectivity index (χ4v) is 2.59. The minimum Gasteiger partial charge on any atom is -0.490 e. The Kier molecular flexibility index (Phi) is 5.40. The van der Waals surface area contributed by atoms with Gasteiger partial charge in [0, 0.05) is 19.6 Å². The average Bonchev–Trinajstić information content (AvgIpc) is 2.93. The highest BCUT2D eigenvalue weighted by atomic mass is 16.5. The summed E-state index contributed by atoms with van der Waals surface area (Å²) in [6.07, 6.45) is 2.81. The summed E-state index contributed by atoms with van der Waals surface area (Å²) in [6, 6.07) is 0. The first-order valence-electron chi connectivity index (χ1n) is 7.37. The Morgan fingerprint density at radius 2 is 2.05 bits per heavy atom. The van der Waals surface area contributed by atoms with Gasteiger partial charge in [-0.3, -0.25) is 0 Å². The molecule has 1 atom stereocenters. The normalized spacial score (nSPS) is 19.1. The van der Waals surface area contributed by atoms with Crippen LogP contribution in [-0.4, -0.2) is 54.7 Å². The molecule has 1 unspecified atom stereocenters. The zero-order valence-corrected chi connectivity index (χ0v) is 12.6. The van der Waals surface area contributed by atoms with E-state index in [9.17, 15) is 0 Å². The van der Waals surface area contributed by atoms with E-state index in [1.165, 1.54) is 13.0 Å². The molecule has 0 radical (unpaired) electrons. The van der Waals surface area contributed by atoms with Crippen molar-refractivity contribution in [2.45, 2.75) is 20.3 Å². The van der Waals surface area contributed by atoms with E-state index in [1.807, 2.05) is 6.92 Å². The molecule has 0 amide bonds. The highest BCUT2D eigenvalue weighted by Crippen LogP contribution is 2.29. The lowest BCUT2D eigenvalue weighted by Crippen LogP contribution is -2.22. The van der Waals surface area contributed by atoms with Crippen molar-refractivity contribution in [3.63, 3.8) is 0 Å². The molecule has 0 spiro atoms. The lowest BCUT2D eigenvalue weighted by molar-refractivity contribution is 0.344. The molecule has 6 nitrogen and oxygen atoms in total. The van der Waals surface area contributed by atoms with E-state index >= 15 is 0 Å². The smallest absolute Gasteiger partial charge is 0.204 e. The molecule has 1 aliphatic rings. The molecular formula is C14H25N5O. The Hall–Kier alpha value is -1.56. The molecule has 0 aliphatic carbocycles. The van der Waals surface area contributed by atoms with Crippen LogP contribution in [0.1, 0.15) is 20.3 Å². The minimum absolute atomic E-state index is 0.678. The molecule has 0 bridgehead atoms. The Bertz CT molecular complexity index is 426. The third-order valence-corrected chi connectivity index (χ3v) is 3.73. The zero-order valence-electron chi connectivity index (χ0n) is 12.6. The van der Waals surface area contributed by atoms with E-state index in [0.29, 0.717) is 11.7 Å². The molecule has 0 saturated carbocycles. The second-order valence-electron chi connectivity index (χ2n) is 5.06. The van der Waals surface area contributed by atoms with Crippen molar-refractivity contribution in [1.82, 2.24) is 14.9 Å². The first kappa shape index (κ1) is 14.8. The maximum absolute atomic E-state index is 5.43. The Labute approximate surface area is 120 Å². The molecule has 112 valence electrons. The molecule has 2 N–H and O–H groups in total. The summed E-state index contributed by atoms with van der Waals surface area (Å²) >= 11 is 0. The van der Waals surface area contributed by atoms with Gasteiger partial charge in [-0.1, -0.05) is 6.92 Å². The summed E-state index contributed by atoms with van der Waals surface area (Å²) in [5.74, 6) is 2.89. The van der Waals surface area contributed by atoms with Gasteiger partial charge in [0.25, 0.3) is 0 Å². The van der Waals surface area contributed by atoms with Gasteiger partial charge in [0.15, 0.2) is 11.6 Å². The van der Waals surface area contributed by atoms with Crippen LogP contribution in [0.2, 0.25) is 0 Å². The first-order chi connectivity index (χ1) is 9.78.